The van der Waals surface area contributed by atoms with Crippen LogP contribution in [0, 0.1) is 0 Å². The molecule has 0 bridgehead atoms. The van der Waals surface area contributed by atoms with Crippen LogP contribution in [0.15, 0.2) is 22.6 Å². The van der Waals surface area contributed by atoms with Gasteiger partial charge in [0.15, 0.2) is 11.5 Å². The predicted molar refractivity (Wildman–Crippen MR) is 72.0 cm³/mol. The molecule has 1 amide bonds. The van der Waals surface area contributed by atoms with Crippen molar-refractivity contribution in [3.05, 3.63) is 29.7 Å². The van der Waals surface area contributed by atoms with Gasteiger partial charge in [0, 0.05) is 0 Å². The third-order valence-electron chi connectivity index (χ3n) is 3.28. The van der Waals surface area contributed by atoms with E-state index in [1.807, 2.05) is 0 Å². The number of amides is 1. The molecule has 1 fully saturated rings. The summed E-state index contributed by atoms with van der Waals surface area (Å²) in [7, 11) is 0. The molecule has 1 unspecified atom stereocenters. The molecule has 1 aliphatic rings. The van der Waals surface area contributed by atoms with E-state index < -0.39 is 11.7 Å². The number of anilines is 1. The van der Waals surface area contributed by atoms with E-state index in [1.165, 1.54) is 18.2 Å². The van der Waals surface area contributed by atoms with Gasteiger partial charge >= 0.3 is 6.01 Å². The Bertz CT molecular complexity index is 664. The SMILES string of the molecule is O=C(Nc1nnc(C2CCCN2)o1)c1cccc(O)c1O. The Kier molecular flexibility index (Phi) is 3.44. The molecule has 2 heterocycles. The number of nitrogens with zero attached hydrogens (tertiary/aromatic N) is 2. The summed E-state index contributed by atoms with van der Waals surface area (Å²) in [5, 5.41) is 32.2. The smallest absolute Gasteiger partial charge is 0.322 e. The molecule has 3 rings (SSSR count). The minimum atomic E-state index is -0.641. The van der Waals surface area contributed by atoms with Crippen LogP contribution in [0.3, 0.4) is 0 Å². The largest absolute Gasteiger partial charge is 0.504 e. The van der Waals surface area contributed by atoms with E-state index in [4.69, 9.17) is 4.42 Å². The van der Waals surface area contributed by atoms with Crippen LogP contribution in [0.1, 0.15) is 35.1 Å². The van der Waals surface area contributed by atoms with Crippen molar-refractivity contribution in [1.29, 1.82) is 0 Å². The van der Waals surface area contributed by atoms with Gasteiger partial charge in [0.1, 0.15) is 0 Å². The van der Waals surface area contributed by atoms with Gasteiger partial charge in [-0.1, -0.05) is 11.2 Å². The Labute approximate surface area is 119 Å². The first-order valence-electron chi connectivity index (χ1n) is 6.54. The molecule has 21 heavy (non-hydrogen) atoms. The standard InChI is InChI=1S/C13H14N4O4/c18-9-5-1-3-7(10(9)19)11(20)15-13-17-16-12(21-13)8-4-2-6-14-8/h1,3,5,8,14,18-19H,2,4,6H2,(H,15,17,20). The third kappa shape index (κ3) is 2.65. The minimum Gasteiger partial charge on any atom is -0.504 e. The maximum atomic E-state index is 12.0. The Balaban J connectivity index is 1.74. The number of aromatic nitrogens is 2. The molecule has 0 saturated carbocycles. The van der Waals surface area contributed by atoms with Crippen molar-refractivity contribution in [2.24, 2.45) is 0 Å². The quantitative estimate of drug-likeness (QED) is 0.626. The number of hydrogen-bond acceptors (Lipinski definition) is 7. The second-order valence-corrected chi connectivity index (χ2v) is 4.72. The lowest BCUT2D eigenvalue weighted by Gasteiger charge is -2.05. The van der Waals surface area contributed by atoms with Gasteiger partial charge in [-0.05, 0) is 31.5 Å². The van der Waals surface area contributed by atoms with Crippen LogP contribution in [0.4, 0.5) is 6.01 Å². The summed E-state index contributed by atoms with van der Waals surface area (Å²) in [5.74, 6) is -1.09. The molecule has 1 aliphatic heterocycles. The molecule has 1 aromatic heterocycles. The third-order valence-corrected chi connectivity index (χ3v) is 3.28. The zero-order chi connectivity index (χ0) is 14.8. The molecule has 1 atom stereocenters. The number of aromatic hydroxyl groups is 2. The molecule has 0 aliphatic carbocycles. The number of hydrogen-bond donors (Lipinski definition) is 4. The molecule has 0 spiro atoms. The number of carbonyl (C=O) groups is 1. The summed E-state index contributed by atoms with van der Waals surface area (Å²) in [6.45, 7) is 0.895. The van der Waals surface area contributed by atoms with Gasteiger partial charge < -0.3 is 19.9 Å². The molecule has 0 radical (unpaired) electrons. The highest BCUT2D eigenvalue weighted by Crippen LogP contribution is 2.29. The minimum absolute atomic E-state index is 0.0114. The van der Waals surface area contributed by atoms with Gasteiger partial charge in [-0.3, -0.25) is 10.1 Å². The number of benzene rings is 1. The summed E-state index contributed by atoms with van der Waals surface area (Å²) in [6, 6.07) is 4.07. The molecule has 2 aromatic rings. The second-order valence-electron chi connectivity index (χ2n) is 4.72. The Hall–Kier alpha value is -2.61. The van der Waals surface area contributed by atoms with Crippen LogP contribution >= 0.6 is 0 Å². The summed E-state index contributed by atoms with van der Waals surface area (Å²) in [5.41, 5.74) is -0.0752. The van der Waals surface area contributed by atoms with Crippen LogP contribution < -0.4 is 10.6 Å². The lowest BCUT2D eigenvalue weighted by Crippen LogP contribution is -2.13. The first-order valence-corrected chi connectivity index (χ1v) is 6.54. The Morgan fingerprint density at radius 1 is 1.38 bits per heavy atom. The average molecular weight is 290 g/mol. The predicted octanol–water partition coefficient (Wildman–Crippen LogP) is 1.16. The fourth-order valence-corrected chi connectivity index (χ4v) is 2.20. The highest BCUT2D eigenvalue weighted by Gasteiger charge is 2.23. The van der Waals surface area contributed by atoms with E-state index in [2.05, 4.69) is 20.8 Å². The molecule has 1 aromatic carbocycles. The van der Waals surface area contributed by atoms with Crippen molar-refractivity contribution in [2.45, 2.75) is 18.9 Å². The second kappa shape index (κ2) is 5.41. The Morgan fingerprint density at radius 3 is 3.00 bits per heavy atom. The van der Waals surface area contributed by atoms with Crippen LogP contribution in [0.2, 0.25) is 0 Å². The number of nitrogens with one attached hydrogen (secondary N) is 2. The van der Waals surface area contributed by atoms with E-state index in [0.717, 1.165) is 19.4 Å². The van der Waals surface area contributed by atoms with E-state index in [-0.39, 0.29) is 23.4 Å². The number of phenolic OH excluding ortho intramolecular Hbond substituents is 2. The zero-order valence-corrected chi connectivity index (χ0v) is 11.0. The first kappa shape index (κ1) is 13.4. The first-order chi connectivity index (χ1) is 10.1. The summed E-state index contributed by atoms with van der Waals surface area (Å²) in [4.78, 5) is 12.0. The van der Waals surface area contributed by atoms with Gasteiger partial charge in [-0.15, -0.1) is 5.10 Å². The van der Waals surface area contributed by atoms with Crippen LogP contribution in [-0.4, -0.2) is 32.9 Å². The topological polar surface area (TPSA) is 121 Å². The number of carbonyl (C=O) groups excluding carboxylic acids is 1. The molecule has 4 N–H and O–H groups in total. The van der Waals surface area contributed by atoms with Crippen molar-refractivity contribution >= 4 is 11.9 Å². The van der Waals surface area contributed by atoms with Crippen molar-refractivity contribution in [3.8, 4) is 11.5 Å². The highest BCUT2D eigenvalue weighted by atomic mass is 16.4. The Morgan fingerprint density at radius 2 is 2.24 bits per heavy atom. The van der Waals surface area contributed by atoms with E-state index >= 15 is 0 Å². The summed E-state index contributed by atoms with van der Waals surface area (Å²) >= 11 is 0. The molecule has 110 valence electrons. The van der Waals surface area contributed by atoms with Gasteiger partial charge in [0.05, 0.1) is 11.6 Å². The van der Waals surface area contributed by atoms with Gasteiger partial charge in [-0.2, -0.15) is 0 Å². The number of phenols is 2. The van der Waals surface area contributed by atoms with Crippen LogP contribution in [0.5, 0.6) is 11.5 Å². The molecule has 8 heteroatoms. The van der Waals surface area contributed by atoms with E-state index in [0.29, 0.717) is 5.89 Å². The maximum Gasteiger partial charge on any atom is 0.322 e. The van der Waals surface area contributed by atoms with Gasteiger partial charge in [-0.25, -0.2) is 0 Å². The maximum absolute atomic E-state index is 12.0. The normalized spacial score (nSPS) is 17.8. The van der Waals surface area contributed by atoms with Crippen LogP contribution in [-0.2, 0) is 0 Å². The molecular weight excluding hydrogens is 276 g/mol. The lowest BCUT2D eigenvalue weighted by atomic mass is 10.2. The monoisotopic (exact) mass is 290 g/mol. The highest BCUT2D eigenvalue weighted by molar-refractivity contribution is 6.05. The van der Waals surface area contributed by atoms with Crippen molar-refractivity contribution in [1.82, 2.24) is 15.5 Å². The summed E-state index contributed by atoms with van der Waals surface area (Å²) in [6.07, 6.45) is 1.94. The van der Waals surface area contributed by atoms with Gasteiger partial charge in [0.25, 0.3) is 5.91 Å². The van der Waals surface area contributed by atoms with Gasteiger partial charge in [0.2, 0.25) is 5.89 Å². The number of para-hydroxylation sites is 1. The fourth-order valence-electron chi connectivity index (χ4n) is 2.20. The van der Waals surface area contributed by atoms with Crippen molar-refractivity contribution in [2.75, 3.05) is 11.9 Å². The number of rotatable bonds is 3. The van der Waals surface area contributed by atoms with Crippen LogP contribution in [0.25, 0.3) is 0 Å². The lowest BCUT2D eigenvalue weighted by molar-refractivity contribution is 0.102. The molecular formula is C13H14N4O4. The molecule has 1 saturated heterocycles. The van der Waals surface area contributed by atoms with Crippen molar-refractivity contribution < 1.29 is 19.4 Å². The summed E-state index contributed by atoms with van der Waals surface area (Å²) < 4.78 is 5.37. The van der Waals surface area contributed by atoms with E-state index in [1.54, 1.807) is 0 Å². The van der Waals surface area contributed by atoms with Crippen molar-refractivity contribution in [3.63, 3.8) is 0 Å². The van der Waals surface area contributed by atoms with E-state index in [9.17, 15) is 15.0 Å². The average Bonchev–Trinajstić information content (AvgIpc) is 3.12. The molecule has 8 nitrogen and oxygen atoms in total. The zero-order valence-electron chi connectivity index (χ0n) is 11.0. The fraction of sp³-hybridized carbons (Fsp3) is 0.308.